The zero-order valence-corrected chi connectivity index (χ0v) is 19.2. The summed E-state index contributed by atoms with van der Waals surface area (Å²) in [6.07, 6.45) is 0.795. The fourth-order valence-corrected chi connectivity index (χ4v) is 4.25. The molecule has 0 unspecified atom stereocenters. The fraction of sp³-hybridized carbons (Fsp3) is 0.179. The van der Waals surface area contributed by atoms with Gasteiger partial charge < -0.3 is 14.2 Å². The van der Waals surface area contributed by atoms with Crippen LogP contribution in [0.4, 0.5) is 0 Å². The van der Waals surface area contributed by atoms with Gasteiger partial charge in [-0.2, -0.15) is 0 Å². The van der Waals surface area contributed by atoms with Gasteiger partial charge in [0.1, 0.15) is 0 Å². The first kappa shape index (κ1) is 23.0. The number of hydrogen-bond donors (Lipinski definition) is 0. The standard InChI is InChI=1S/C28H24O6/c1-32-24(29)15-9-17-8-12-21-19(16-17)11-14-23(28(31)34-3)26(21)25-20-7-5-4-6-18(20)10-13-22(25)27(30)33-2/h4-8,10-14,16H,9,15H2,1-3H3. The van der Waals surface area contributed by atoms with Crippen molar-refractivity contribution in [2.45, 2.75) is 12.8 Å². The molecule has 0 atom stereocenters. The molecule has 172 valence electrons. The van der Waals surface area contributed by atoms with Crippen LogP contribution in [0, 0.1) is 0 Å². The number of rotatable bonds is 6. The van der Waals surface area contributed by atoms with Crippen molar-refractivity contribution in [2.75, 3.05) is 21.3 Å². The highest BCUT2D eigenvalue weighted by molar-refractivity contribution is 6.17. The van der Waals surface area contributed by atoms with Crippen molar-refractivity contribution >= 4 is 39.5 Å². The van der Waals surface area contributed by atoms with E-state index in [1.807, 2.05) is 54.6 Å². The zero-order valence-electron chi connectivity index (χ0n) is 19.2. The fourth-order valence-electron chi connectivity index (χ4n) is 4.25. The molecule has 6 nitrogen and oxygen atoms in total. The van der Waals surface area contributed by atoms with Crippen LogP contribution in [0.1, 0.15) is 32.7 Å². The molecule has 0 saturated heterocycles. The maximum absolute atomic E-state index is 12.8. The van der Waals surface area contributed by atoms with Gasteiger partial charge in [-0.3, -0.25) is 4.79 Å². The van der Waals surface area contributed by atoms with Gasteiger partial charge in [-0.25, -0.2) is 9.59 Å². The molecule has 0 N–H and O–H groups in total. The maximum Gasteiger partial charge on any atom is 0.338 e. The predicted molar refractivity (Wildman–Crippen MR) is 130 cm³/mol. The molecule has 0 aromatic heterocycles. The van der Waals surface area contributed by atoms with E-state index >= 15 is 0 Å². The number of ether oxygens (including phenoxy) is 3. The first-order valence-electron chi connectivity index (χ1n) is 10.8. The Morgan fingerprint density at radius 2 is 1.24 bits per heavy atom. The normalized spacial score (nSPS) is 10.8. The summed E-state index contributed by atoms with van der Waals surface area (Å²) in [5.41, 5.74) is 2.87. The highest BCUT2D eigenvalue weighted by atomic mass is 16.5. The number of fused-ring (bicyclic) bond motifs is 2. The summed E-state index contributed by atoms with van der Waals surface area (Å²) in [4.78, 5) is 37.2. The van der Waals surface area contributed by atoms with Crippen LogP contribution in [0.3, 0.4) is 0 Å². The number of aryl methyl sites for hydroxylation is 1. The van der Waals surface area contributed by atoms with Crippen molar-refractivity contribution in [2.24, 2.45) is 0 Å². The average molecular weight is 456 g/mol. The van der Waals surface area contributed by atoms with Gasteiger partial charge >= 0.3 is 17.9 Å². The predicted octanol–water partition coefficient (Wildman–Crippen LogP) is 5.34. The lowest BCUT2D eigenvalue weighted by Gasteiger charge is -2.18. The van der Waals surface area contributed by atoms with E-state index in [1.54, 1.807) is 12.1 Å². The van der Waals surface area contributed by atoms with Gasteiger partial charge in [0.25, 0.3) is 0 Å². The van der Waals surface area contributed by atoms with Gasteiger partial charge in [0.2, 0.25) is 0 Å². The molecular formula is C28H24O6. The molecule has 0 aliphatic heterocycles. The number of esters is 3. The molecule has 6 heteroatoms. The van der Waals surface area contributed by atoms with Gasteiger partial charge in [0.15, 0.2) is 0 Å². The third kappa shape index (κ3) is 4.22. The van der Waals surface area contributed by atoms with E-state index in [2.05, 4.69) is 0 Å². The molecule has 0 fully saturated rings. The molecule has 0 amide bonds. The largest absolute Gasteiger partial charge is 0.469 e. The number of hydrogen-bond acceptors (Lipinski definition) is 6. The summed E-state index contributed by atoms with van der Waals surface area (Å²) >= 11 is 0. The lowest BCUT2D eigenvalue weighted by Crippen LogP contribution is -2.09. The van der Waals surface area contributed by atoms with Crippen molar-refractivity contribution in [1.29, 1.82) is 0 Å². The van der Waals surface area contributed by atoms with E-state index < -0.39 is 11.9 Å². The van der Waals surface area contributed by atoms with E-state index in [0.717, 1.165) is 27.1 Å². The average Bonchev–Trinajstić information content (AvgIpc) is 2.89. The second-order valence-electron chi connectivity index (χ2n) is 7.81. The number of carbonyl (C=O) groups is 3. The second-order valence-corrected chi connectivity index (χ2v) is 7.81. The Bertz CT molecular complexity index is 1420. The summed E-state index contributed by atoms with van der Waals surface area (Å²) in [5, 5.41) is 3.39. The van der Waals surface area contributed by atoms with Gasteiger partial charge in [-0.15, -0.1) is 0 Å². The second kappa shape index (κ2) is 9.75. The Morgan fingerprint density at radius 1 is 0.647 bits per heavy atom. The number of methoxy groups -OCH3 is 3. The molecule has 0 bridgehead atoms. The monoisotopic (exact) mass is 456 g/mol. The Balaban J connectivity index is 2.04. The third-order valence-corrected chi connectivity index (χ3v) is 5.92. The lowest BCUT2D eigenvalue weighted by atomic mass is 9.86. The first-order valence-corrected chi connectivity index (χ1v) is 10.8. The Hall–Kier alpha value is -4.19. The Kier molecular flexibility index (Phi) is 6.59. The zero-order chi connectivity index (χ0) is 24.2. The van der Waals surface area contributed by atoms with Crippen LogP contribution in [-0.2, 0) is 25.4 Å². The van der Waals surface area contributed by atoms with Gasteiger partial charge in [-0.1, -0.05) is 54.6 Å². The van der Waals surface area contributed by atoms with Crippen LogP contribution >= 0.6 is 0 Å². The summed E-state index contributed by atoms with van der Waals surface area (Å²) in [7, 11) is 4.03. The molecule has 0 aliphatic rings. The van der Waals surface area contributed by atoms with Crippen LogP contribution in [0.15, 0.2) is 66.7 Å². The number of carbonyl (C=O) groups excluding carboxylic acids is 3. The summed E-state index contributed by atoms with van der Waals surface area (Å²) in [6.45, 7) is 0. The quantitative estimate of drug-likeness (QED) is 0.288. The molecule has 4 aromatic carbocycles. The van der Waals surface area contributed by atoms with Crippen LogP contribution in [-0.4, -0.2) is 39.2 Å². The summed E-state index contributed by atoms with van der Waals surface area (Å²) in [6, 6.07) is 20.6. The van der Waals surface area contributed by atoms with Crippen LogP contribution in [0.5, 0.6) is 0 Å². The van der Waals surface area contributed by atoms with Crippen molar-refractivity contribution in [3.63, 3.8) is 0 Å². The van der Waals surface area contributed by atoms with Crippen molar-refractivity contribution in [1.82, 2.24) is 0 Å². The maximum atomic E-state index is 12.8. The minimum absolute atomic E-state index is 0.269. The molecule has 0 aliphatic carbocycles. The van der Waals surface area contributed by atoms with Gasteiger partial charge in [-0.05, 0) is 45.7 Å². The molecule has 34 heavy (non-hydrogen) atoms. The molecule has 0 saturated carbocycles. The molecule has 0 heterocycles. The molecular weight excluding hydrogens is 432 g/mol. The van der Waals surface area contributed by atoms with E-state index in [9.17, 15) is 14.4 Å². The van der Waals surface area contributed by atoms with Crippen molar-refractivity contribution in [3.05, 3.63) is 83.4 Å². The van der Waals surface area contributed by atoms with Crippen LogP contribution in [0.25, 0.3) is 32.7 Å². The summed E-state index contributed by atoms with van der Waals surface area (Å²) in [5.74, 6) is -1.28. The summed E-state index contributed by atoms with van der Waals surface area (Å²) < 4.78 is 14.9. The Labute approximate surface area is 197 Å². The minimum Gasteiger partial charge on any atom is -0.469 e. The van der Waals surface area contributed by atoms with Gasteiger partial charge in [0.05, 0.1) is 32.5 Å². The first-order chi connectivity index (χ1) is 16.5. The topological polar surface area (TPSA) is 78.9 Å². The van der Waals surface area contributed by atoms with Crippen molar-refractivity contribution < 1.29 is 28.6 Å². The molecule has 0 radical (unpaired) electrons. The molecule has 4 rings (SSSR count). The van der Waals surface area contributed by atoms with Crippen LogP contribution in [0.2, 0.25) is 0 Å². The van der Waals surface area contributed by atoms with E-state index in [1.165, 1.54) is 21.3 Å². The highest BCUT2D eigenvalue weighted by Crippen LogP contribution is 2.40. The molecule has 4 aromatic rings. The van der Waals surface area contributed by atoms with E-state index in [4.69, 9.17) is 14.2 Å². The third-order valence-electron chi connectivity index (χ3n) is 5.92. The number of benzene rings is 4. The highest BCUT2D eigenvalue weighted by Gasteiger charge is 2.24. The van der Waals surface area contributed by atoms with E-state index in [-0.39, 0.29) is 12.4 Å². The Morgan fingerprint density at radius 3 is 1.85 bits per heavy atom. The molecule has 0 spiro atoms. The van der Waals surface area contributed by atoms with E-state index in [0.29, 0.717) is 28.7 Å². The van der Waals surface area contributed by atoms with Crippen molar-refractivity contribution in [3.8, 4) is 11.1 Å². The SMILES string of the molecule is COC(=O)CCc1ccc2c(-c3c(C(=O)OC)ccc4ccccc34)c(C(=O)OC)ccc2c1. The smallest absolute Gasteiger partial charge is 0.338 e. The van der Waals surface area contributed by atoms with Gasteiger partial charge in [0, 0.05) is 17.5 Å². The van der Waals surface area contributed by atoms with Crippen LogP contribution < -0.4 is 0 Å². The lowest BCUT2D eigenvalue weighted by molar-refractivity contribution is -0.140. The minimum atomic E-state index is -0.504.